The van der Waals surface area contributed by atoms with E-state index in [0.29, 0.717) is 23.4 Å². The highest BCUT2D eigenvalue weighted by molar-refractivity contribution is 6.14. The third-order valence-electron chi connectivity index (χ3n) is 4.24. The zero-order valence-corrected chi connectivity index (χ0v) is 13.4. The normalized spacial score (nSPS) is 17.0. The molecule has 1 aromatic carbocycles. The van der Waals surface area contributed by atoms with Gasteiger partial charge in [0.15, 0.2) is 0 Å². The number of anilines is 1. The molecule has 4 nitrogen and oxygen atoms in total. The summed E-state index contributed by atoms with van der Waals surface area (Å²) in [5.74, 6) is -0.534. The fraction of sp³-hybridized carbons (Fsp3) is 0.333. The zero-order chi connectivity index (χ0) is 16.4. The van der Waals surface area contributed by atoms with Gasteiger partial charge in [-0.05, 0) is 42.7 Å². The summed E-state index contributed by atoms with van der Waals surface area (Å²) in [6.07, 6.45) is 2.66. The molecule has 0 atom stereocenters. The van der Waals surface area contributed by atoms with E-state index in [4.69, 9.17) is 0 Å². The van der Waals surface area contributed by atoms with Crippen LogP contribution in [0, 0.1) is 5.82 Å². The van der Waals surface area contributed by atoms with Crippen molar-refractivity contribution in [3.63, 3.8) is 0 Å². The lowest BCUT2D eigenvalue weighted by Crippen LogP contribution is -2.33. The van der Waals surface area contributed by atoms with Gasteiger partial charge in [-0.1, -0.05) is 13.0 Å². The number of amides is 1. The van der Waals surface area contributed by atoms with Gasteiger partial charge in [-0.3, -0.25) is 9.79 Å². The van der Waals surface area contributed by atoms with E-state index in [1.807, 2.05) is 19.9 Å². The number of benzene rings is 1. The molecule has 0 bridgehead atoms. The van der Waals surface area contributed by atoms with Gasteiger partial charge in [-0.2, -0.15) is 0 Å². The molecule has 120 valence electrons. The van der Waals surface area contributed by atoms with Crippen LogP contribution in [-0.4, -0.2) is 31.3 Å². The molecule has 23 heavy (non-hydrogen) atoms. The van der Waals surface area contributed by atoms with Crippen LogP contribution in [0.4, 0.5) is 10.1 Å². The highest BCUT2D eigenvalue weighted by atomic mass is 19.1. The van der Waals surface area contributed by atoms with Gasteiger partial charge in [0.05, 0.1) is 6.54 Å². The molecule has 3 rings (SSSR count). The third kappa shape index (κ3) is 3.24. The lowest BCUT2D eigenvalue weighted by atomic mass is 10.0. The molecule has 1 aromatic rings. The Balaban J connectivity index is 1.72. The van der Waals surface area contributed by atoms with Crippen molar-refractivity contribution in [2.75, 3.05) is 25.0 Å². The molecule has 0 saturated carbocycles. The van der Waals surface area contributed by atoms with Gasteiger partial charge in [0.1, 0.15) is 5.82 Å². The lowest BCUT2D eigenvalue weighted by molar-refractivity contribution is -0.112. The predicted molar refractivity (Wildman–Crippen MR) is 91.2 cm³/mol. The van der Waals surface area contributed by atoms with Crippen LogP contribution in [0.1, 0.15) is 25.8 Å². The minimum absolute atomic E-state index is 0.205. The van der Waals surface area contributed by atoms with Gasteiger partial charge in [0, 0.05) is 35.6 Å². The monoisotopic (exact) mass is 313 g/mol. The Kier molecular flexibility index (Phi) is 4.39. The number of halogens is 1. The fourth-order valence-corrected chi connectivity index (χ4v) is 2.72. The third-order valence-corrected chi connectivity index (χ3v) is 4.24. The summed E-state index contributed by atoms with van der Waals surface area (Å²) in [7, 11) is 0. The summed E-state index contributed by atoms with van der Waals surface area (Å²) >= 11 is 0. The maximum absolute atomic E-state index is 14.1. The molecular formula is C18H20FN3O. The van der Waals surface area contributed by atoms with Crippen LogP contribution in [0.15, 0.2) is 39.9 Å². The number of nitrogens with one attached hydrogen (secondary N) is 2. The molecule has 1 saturated heterocycles. The second-order valence-electron chi connectivity index (χ2n) is 5.82. The van der Waals surface area contributed by atoms with Crippen LogP contribution >= 0.6 is 0 Å². The number of nitrogens with zero attached hydrogens (tertiary/aromatic N) is 1. The van der Waals surface area contributed by atoms with Crippen LogP contribution in [0.3, 0.4) is 0 Å². The molecule has 1 fully saturated rings. The van der Waals surface area contributed by atoms with Crippen molar-refractivity contribution < 1.29 is 9.18 Å². The quantitative estimate of drug-likeness (QED) is 0.898. The number of allylic oxidation sites excluding steroid dienone is 1. The van der Waals surface area contributed by atoms with Crippen molar-refractivity contribution in [1.82, 2.24) is 5.32 Å². The molecule has 5 heteroatoms. The molecule has 0 aliphatic carbocycles. The predicted octanol–water partition coefficient (Wildman–Crippen LogP) is 2.93. The van der Waals surface area contributed by atoms with E-state index in [1.54, 1.807) is 12.1 Å². The van der Waals surface area contributed by atoms with E-state index in [1.165, 1.54) is 11.6 Å². The van der Waals surface area contributed by atoms with Crippen molar-refractivity contribution in [3.05, 3.63) is 46.3 Å². The number of rotatable bonds is 4. The summed E-state index contributed by atoms with van der Waals surface area (Å²) in [6.45, 7) is 5.95. The molecular weight excluding hydrogens is 293 g/mol. The Bertz CT molecular complexity index is 741. The SMILES string of the molecule is CCC1=NCC(C(=O)Nc2ccc(C=C3CNC3)c(F)c2)=C1C. The van der Waals surface area contributed by atoms with Crippen molar-refractivity contribution >= 4 is 23.4 Å². The largest absolute Gasteiger partial charge is 0.322 e. The first-order valence-corrected chi connectivity index (χ1v) is 7.83. The van der Waals surface area contributed by atoms with E-state index in [9.17, 15) is 9.18 Å². The Morgan fingerprint density at radius 2 is 2.22 bits per heavy atom. The second kappa shape index (κ2) is 6.46. The highest BCUT2D eigenvalue weighted by Gasteiger charge is 2.20. The molecule has 2 heterocycles. The van der Waals surface area contributed by atoms with Crippen LogP contribution in [0.25, 0.3) is 6.08 Å². The zero-order valence-electron chi connectivity index (χ0n) is 13.4. The second-order valence-corrected chi connectivity index (χ2v) is 5.82. The van der Waals surface area contributed by atoms with Crippen LogP contribution in [0.2, 0.25) is 0 Å². The van der Waals surface area contributed by atoms with E-state index >= 15 is 0 Å². The summed E-state index contributed by atoms with van der Waals surface area (Å²) < 4.78 is 14.1. The molecule has 0 unspecified atom stereocenters. The number of hydrogen-bond donors (Lipinski definition) is 2. The fourth-order valence-electron chi connectivity index (χ4n) is 2.72. The first kappa shape index (κ1) is 15.6. The maximum Gasteiger partial charge on any atom is 0.253 e. The van der Waals surface area contributed by atoms with Crippen molar-refractivity contribution in [2.45, 2.75) is 20.3 Å². The van der Waals surface area contributed by atoms with E-state index in [2.05, 4.69) is 15.6 Å². The first-order valence-electron chi connectivity index (χ1n) is 7.83. The number of carbonyl (C=O) groups excluding carboxylic acids is 1. The highest BCUT2D eigenvalue weighted by Crippen LogP contribution is 2.21. The number of hydrogen-bond acceptors (Lipinski definition) is 3. The van der Waals surface area contributed by atoms with E-state index < -0.39 is 0 Å². The number of aliphatic imine (C=N–C) groups is 1. The van der Waals surface area contributed by atoms with Gasteiger partial charge in [0.25, 0.3) is 5.91 Å². The lowest BCUT2D eigenvalue weighted by Gasteiger charge is -2.18. The summed E-state index contributed by atoms with van der Waals surface area (Å²) in [6, 6.07) is 4.79. The minimum Gasteiger partial charge on any atom is -0.322 e. The summed E-state index contributed by atoms with van der Waals surface area (Å²) in [5.41, 5.74) is 4.76. The standard InChI is InChI=1S/C18H20FN3O/c1-3-17-11(2)15(10-21-17)18(23)22-14-5-4-13(16(19)7-14)6-12-8-20-9-12/h4-7,20H,3,8-10H2,1-2H3,(H,22,23). The molecule has 0 aromatic heterocycles. The Labute approximate surface area is 135 Å². The summed E-state index contributed by atoms with van der Waals surface area (Å²) in [5, 5.41) is 5.88. The van der Waals surface area contributed by atoms with E-state index in [-0.39, 0.29) is 11.7 Å². The first-order chi connectivity index (χ1) is 11.1. The van der Waals surface area contributed by atoms with Gasteiger partial charge in [-0.25, -0.2) is 4.39 Å². The smallest absolute Gasteiger partial charge is 0.253 e. The summed E-state index contributed by atoms with van der Waals surface area (Å²) in [4.78, 5) is 16.7. The molecule has 2 aliphatic heterocycles. The molecule has 0 radical (unpaired) electrons. The van der Waals surface area contributed by atoms with Crippen LogP contribution in [0.5, 0.6) is 0 Å². The van der Waals surface area contributed by atoms with Crippen molar-refractivity contribution in [3.8, 4) is 0 Å². The van der Waals surface area contributed by atoms with Crippen LogP contribution in [-0.2, 0) is 4.79 Å². The van der Waals surface area contributed by atoms with Gasteiger partial charge in [0.2, 0.25) is 0 Å². The van der Waals surface area contributed by atoms with Crippen molar-refractivity contribution in [1.29, 1.82) is 0 Å². The van der Waals surface area contributed by atoms with Gasteiger partial charge >= 0.3 is 0 Å². The van der Waals surface area contributed by atoms with Gasteiger partial charge in [-0.15, -0.1) is 0 Å². The van der Waals surface area contributed by atoms with Gasteiger partial charge < -0.3 is 10.6 Å². The van der Waals surface area contributed by atoms with Crippen LogP contribution < -0.4 is 10.6 Å². The number of carbonyl (C=O) groups is 1. The Morgan fingerprint density at radius 1 is 1.43 bits per heavy atom. The maximum atomic E-state index is 14.1. The Hall–Kier alpha value is -2.27. The topological polar surface area (TPSA) is 53.5 Å². The van der Waals surface area contributed by atoms with E-state index in [0.717, 1.165) is 30.8 Å². The Morgan fingerprint density at radius 3 is 2.78 bits per heavy atom. The average molecular weight is 313 g/mol. The molecule has 0 spiro atoms. The molecule has 2 N–H and O–H groups in total. The van der Waals surface area contributed by atoms with Crippen molar-refractivity contribution in [2.24, 2.45) is 4.99 Å². The molecule has 2 aliphatic rings. The average Bonchev–Trinajstić information content (AvgIpc) is 2.85. The molecule has 1 amide bonds. The minimum atomic E-state index is -0.329.